The Balaban J connectivity index is 1.90. The SMILES string of the molecule is CCOC(=O)CC1(c2ccc3c(c2)C(=O)NC3)CC(O)C1. The van der Waals surface area contributed by atoms with Crippen LogP contribution < -0.4 is 5.32 Å². The summed E-state index contributed by atoms with van der Waals surface area (Å²) in [5.41, 5.74) is 2.20. The average molecular weight is 289 g/mol. The Hall–Kier alpha value is -1.88. The van der Waals surface area contributed by atoms with Crippen LogP contribution in [0.3, 0.4) is 0 Å². The summed E-state index contributed by atoms with van der Waals surface area (Å²) < 4.78 is 5.04. The zero-order chi connectivity index (χ0) is 15.0. The molecule has 0 unspecified atom stereocenters. The van der Waals surface area contributed by atoms with Gasteiger partial charge >= 0.3 is 5.97 Å². The van der Waals surface area contributed by atoms with Crippen molar-refractivity contribution in [3.63, 3.8) is 0 Å². The number of amides is 1. The predicted molar refractivity (Wildman–Crippen MR) is 75.8 cm³/mol. The third kappa shape index (κ3) is 2.42. The molecule has 5 heteroatoms. The van der Waals surface area contributed by atoms with Gasteiger partial charge in [-0.3, -0.25) is 9.59 Å². The van der Waals surface area contributed by atoms with Gasteiger partial charge in [0, 0.05) is 17.5 Å². The number of rotatable bonds is 4. The molecule has 112 valence electrons. The minimum absolute atomic E-state index is 0.0713. The predicted octanol–water partition coefficient (Wildman–Crippen LogP) is 1.28. The Kier molecular flexibility index (Phi) is 3.45. The number of hydrogen-bond donors (Lipinski definition) is 2. The first-order valence-corrected chi connectivity index (χ1v) is 7.29. The molecule has 21 heavy (non-hydrogen) atoms. The molecule has 1 saturated carbocycles. The van der Waals surface area contributed by atoms with E-state index < -0.39 is 5.41 Å². The van der Waals surface area contributed by atoms with Gasteiger partial charge < -0.3 is 15.2 Å². The Morgan fingerprint density at radius 3 is 2.90 bits per heavy atom. The number of aliphatic hydroxyl groups excluding tert-OH is 1. The average Bonchev–Trinajstić information content (AvgIpc) is 2.78. The first-order chi connectivity index (χ1) is 10.0. The molecule has 0 atom stereocenters. The second-order valence-corrected chi connectivity index (χ2v) is 5.88. The molecule has 2 N–H and O–H groups in total. The zero-order valence-electron chi connectivity index (χ0n) is 12.0. The maximum atomic E-state index is 11.8. The van der Waals surface area contributed by atoms with Crippen molar-refractivity contribution in [3.8, 4) is 0 Å². The normalized spacial score (nSPS) is 26.8. The molecule has 1 amide bonds. The minimum atomic E-state index is -0.399. The van der Waals surface area contributed by atoms with Gasteiger partial charge in [-0.25, -0.2) is 0 Å². The number of nitrogens with one attached hydrogen (secondary N) is 1. The van der Waals surface area contributed by atoms with Crippen LogP contribution in [-0.4, -0.2) is 29.7 Å². The first kappa shape index (κ1) is 14.1. The van der Waals surface area contributed by atoms with Crippen molar-refractivity contribution in [1.82, 2.24) is 5.32 Å². The van der Waals surface area contributed by atoms with Gasteiger partial charge in [-0.2, -0.15) is 0 Å². The molecule has 0 radical (unpaired) electrons. The van der Waals surface area contributed by atoms with Crippen LogP contribution in [0.15, 0.2) is 18.2 Å². The van der Waals surface area contributed by atoms with Gasteiger partial charge in [-0.1, -0.05) is 12.1 Å². The number of aliphatic hydroxyl groups is 1. The number of benzene rings is 1. The number of esters is 1. The molecule has 0 aromatic heterocycles. The molecule has 0 bridgehead atoms. The summed E-state index contributed by atoms with van der Waals surface area (Å²) in [6, 6.07) is 5.76. The standard InChI is InChI=1S/C16H19NO4/c1-2-21-14(19)8-16(6-12(18)7-16)11-4-3-10-9-17-15(20)13(10)5-11/h3-5,12,18H,2,6-9H2,1H3,(H,17,20). The van der Waals surface area contributed by atoms with E-state index >= 15 is 0 Å². The summed E-state index contributed by atoms with van der Waals surface area (Å²) in [5.74, 6) is -0.327. The van der Waals surface area contributed by atoms with E-state index in [2.05, 4.69) is 5.32 Å². The first-order valence-electron chi connectivity index (χ1n) is 7.29. The molecule has 0 spiro atoms. The molecule has 1 heterocycles. The van der Waals surface area contributed by atoms with Gasteiger partial charge in [0.05, 0.1) is 19.1 Å². The number of hydrogen-bond acceptors (Lipinski definition) is 4. The summed E-state index contributed by atoms with van der Waals surface area (Å²) in [6.45, 7) is 2.69. The van der Waals surface area contributed by atoms with E-state index in [1.807, 2.05) is 18.2 Å². The second-order valence-electron chi connectivity index (χ2n) is 5.88. The van der Waals surface area contributed by atoms with Gasteiger partial charge in [0.25, 0.3) is 5.91 Å². The van der Waals surface area contributed by atoms with Crippen LogP contribution in [0.5, 0.6) is 0 Å². The van der Waals surface area contributed by atoms with E-state index in [0.29, 0.717) is 31.6 Å². The fourth-order valence-electron chi connectivity index (χ4n) is 3.36. The van der Waals surface area contributed by atoms with Crippen LogP contribution in [0.2, 0.25) is 0 Å². The molecule has 1 aliphatic heterocycles. The quantitative estimate of drug-likeness (QED) is 0.819. The summed E-state index contributed by atoms with van der Waals surface area (Å²) in [7, 11) is 0. The molecule has 1 aliphatic carbocycles. The van der Waals surface area contributed by atoms with Crippen molar-refractivity contribution in [1.29, 1.82) is 0 Å². The van der Waals surface area contributed by atoms with Crippen LogP contribution in [0.1, 0.15) is 47.7 Å². The largest absolute Gasteiger partial charge is 0.466 e. The van der Waals surface area contributed by atoms with Crippen molar-refractivity contribution in [2.75, 3.05) is 6.61 Å². The molecule has 2 aliphatic rings. The van der Waals surface area contributed by atoms with E-state index in [9.17, 15) is 14.7 Å². The fourth-order valence-corrected chi connectivity index (χ4v) is 3.36. The van der Waals surface area contributed by atoms with Gasteiger partial charge in [-0.15, -0.1) is 0 Å². The highest BCUT2D eigenvalue weighted by atomic mass is 16.5. The molecule has 0 saturated heterocycles. The van der Waals surface area contributed by atoms with Crippen LogP contribution in [-0.2, 0) is 21.5 Å². The van der Waals surface area contributed by atoms with Crippen LogP contribution in [0.4, 0.5) is 0 Å². The van der Waals surface area contributed by atoms with Crippen molar-refractivity contribution >= 4 is 11.9 Å². The van der Waals surface area contributed by atoms with E-state index in [4.69, 9.17) is 4.74 Å². The van der Waals surface area contributed by atoms with Crippen molar-refractivity contribution in [2.45, 2.75) is 44.2 Å². The molecule has 1 aromatic carbocycles. The van der Waals surface area contributed by atoms with Gasteiger partial charge in [-0.05, 0) is 37.0 Å². The lowest BCUT2D eigenvalue weighted by Crippen LogP contribution is -2.46. The summed E-state index contributed by atoms with van der Waals surface area (Å²) in [4.78, 5) is 23.6. The Morgan fingerprint density at radius 2 is 2.24 bits per heavy atom. The Bertz CT molecular complexity index is 590. The highest BCUT2D eigenvalue weighted by molar-refractivity contribution is 5.98. The highest BCUT2D eigenvalue weighted by Gasteiger charge is 2.47. The number of ether oxygens (including phenoxy) is 1. The van der Waals surface area contributed by atoms with Crippen LogP contribution in [0, 0.1) is 0 Å². The summed E-state index contributed by atoms with van der Waals surface area (Å²) in [5, 5.41) is 12.5. The Morgan fingerprint density at radius 1 is 1.48 bits per heavy atom. The molecule has 5 nitrogen and oxygen atoms in total. The topological polar surface area (TPSA) is 75.6 Å². The van der Waals surface area contributed by atoms with Crippen LogP contribution >= 0.6 is 0 Å². The zero-order valence-corrected chi connectivity index (χ0v) is 12.0. The van der Waals surface area contributed by atoms with E-state index in [-0.39, 0.29) is 24.4 Å². The lowest BCUT2D eigenvalue weighted by Gasteiger charge is -2.45. The minimum Gasteiger partial charge on any atom is -0.466 e. The molecular formula is C16H19NO4. The highest BCUT2D eigenvalue weighted by Crippen LogP contribution is 2.47. The van der Waals surface area contributed by atoms with Gasteiger partial charge in [0.2, 0.25) is 0 Å². The third-order valence-electron chi connectivity index (χ3n) is 4.45. The fraction of sp³-hybridized carbons (Fsp3) is 0.500. The molecular weight excluding hydrogens is 270 g/mol. The number of carbonyl (C=O) groups excluding carboxylic acids is 2. The van der Waals surface area contributed by atoms with Gasteiger partial charge in [0.15, 0.2) is 0 Å². The number of carbonyl (C=O) groups is 2. The van der Waals surface area contributed by atoms with Crippen molar-refractivity contribution < 1.29 is 19.4 Å². The smallest absolute Gasteiger partial charge is 0.306 e. The number of fused-ring (bicyclic) bond motifs is 1. The lowest BCUT2D eigenvalue weighted by molar-refractivity contribution is -0.147. The molecule has 1 aromatic rings. The van der Waals surface area contributed by atoms with Crippen LogP contribution in [0.25, 0.3) is 0 Å². The second kappa shape index (κ2) is 5.15. The van der Waals surface area contributed by atoms with Crippen molar-refractivity contribution in [3.05, 3.63) is 34.9 Å². The van der Waals surface area contributed by atoms with E-state index in [1.54, 1.807) is 6.92 Å². The monoisotopic (exact) mass is 289 g/mol. The third-order valence-corrected chi connectivity index (χ3v) is 4.45. The lowest BCUT2D eigenvalue weighted by atomic mass is 9.60. The summed E-state index contributed by atoms with van der Waals surface area (Å²) >= 11 is 0. The van der Waals surface area contributed by atoms with E-state index in [1.165, 1.54) is 0 Å². The van der Waals surface area contributed by atoms with E-state index in [0.717, 1.165) is 11.1 Å². The maximum Gasteiger partial charge on any atom is 0.306 e. The molecule has 1 fully saturated rings. The molecule has 3 rings (SSSR count). The summed E-state index contributed by atoms with van der Waals surface area (Å²) in [6.07, 6.45) is 0.929. The van der Waals surface area contributed by atoms with Crippen molar-refractivity contribution in [2.24, 2.45) is 0 Å². The maximum absolute atomic E-state index is 11.8. The Labute approximate surface area is 123 Å². The van der Waals surface area contributed by atoms with Gasteiger partial charge in [0.1, 0.15) is 0 Å².